The van der Waals surface area contributed by atoms with Gasteiger partial charge in [0.15, 0.2) is 0 Å². The Morgan fingerprint density at radius 2 is 2.24 bits per heavy atom. The molecule has 1 amide bonds. The number of amides is 1. The van der Waals surface area contributed by atoms with Crippen molar-refractivity contribution >= 4 is 23.4 Å². The van der Waals surface area contributed by atoms with E-state index in [-0.39, 0.29) is 11.2 Å². The Bertz CT molecular complexity index is 395. The van der Waals surface area contributed by atoms with E-state index in [4.69, 9.17) is 11.6 Å². The van der Waals surface area contributed by atoms with E-state index in [1.807, 2.05) is 32.0 Å². The van der Waals surface area contributed by atoms with Gasteiger partial charge in [0, 0.05) is 10.6 Å². The number of anilines is 1. The second kappa shape index (κ2) is 6.51. The van der Waals surface area contributed by atoms with E-state index in [0.717, 1.165) is 29.0 Å². The third-order valence-electron chi connectivity index (χ3n) is 2.45. The van der Waals surface area contributed by atoms with E-state index < -0.39 is 0 Å². The van der Waals surface area contributed by atoms with Crippen LogP contribution in [0.3, 0.4) is 0 Å². The van der Waals surface area contributed by atoms with E-state index in [9.17, 15) is 4.79 Å². The molecule has 0 aliphatic rings. The Hall–Kier alpha value is -1.20. The molecule has 1 aromatic rings. The van der Waals surface area contributed by atoms with Gasteiger partial charge in [0.25, 0.3) is 0 Å². The molecule has 0 spiro atoms. The first-order chi connectivity index (χ1) is 8.08. The smallest absolute Gasteiger partial charge is 0.247 e. The predicted octanol–water partition coefficient (Wildman–Crippen LogP) is 1.83. The summed E-state index contributed by atoms with van der Waals surface area (Å²) in [6.45, 7) is 4.04. The Morgan fingerprint density at radius 3 is 2.76 bits per heavy atom. The van der Waals surface area contributed by atoms with Gasteiger partial charge in [-0.15, -0.1) is 11.8 Å². The average Bonchev–Trinajstić information content (AvgIpc) is 2.30. The van der Waals surface area contributed by atoms with Crippen molar-refractivity contribution in [3.8, 4) is 0 Å². The Morgan fingerprint density at radius 1 is 1.53 bits per heavy atom. The lowest BCUT2D eigenvalue weighted by atomic mass is 10.2. The van der Waals surface area contributed by atoms with Gasteiger partial charge in [0.05, 0.1) is 5.25 Å². The lowest BCUT2D eigenvalue weighted by molar-refractivity contribution is -0.120. The molecule has 0 heterocycles. The maximum absolute atomic E-state index is 11.6. The van der Waals surface area contributed by atoms with Gasteiger partial charge in [0.1, 0.15) is 0 Å². The largest absolute Gasteiger partial charge is 0.399 e. The standard InChI is InChI=1S/C12H19N3OS/c1-3-4-11(12(16)15-14)17-10-6-5-9(13)7-8(10)2/h5-7,11H,3-4,13-14H2,1-2H3,(H,15,16). The molecule has 0 radical (unpaired) electrons. The molecule has 1 atom stereocenters. The zero-order valence-corrected chi connectivity index (χ0v) is 11.0. The van der Waals surface area contributed by atoms with E-state index in [0.29, 0.717) is 0 Å². The maximum Gasteiger partial charge on any atom is 0.247 e. The van der Waals surface area contributed by atoms with Crippen molar-refractivity contribution in [2.24, 2.45) is 5.84 Å². The molecule has 0 saturated carbocycles. The van der Waals surface area contributed by atoms with Crippen LogP contribution in [0, 0.1) is 6.92 Å². The normalized spacial score (nSPS) is 12.2. The van der Waals surface area contributed by atoms with Crippen molar-refractivity contribution in [2.45, 2.75) is 36.8 Å². The number of hydrogen-bond acceptors (Lipinski definition) is 4. The highest BCUT2D eigenvalue weighted by molar-refractivity contribution is 8.00. The Labute approximate surface area is 106 Å². The topological polar surface area (TPSA) is 81.1 Å². The monoisotopic (exact) mass is 253 g/mol. The zero-order valence-electron chi connectivity index (χ0n) is 10.2. The van der Waals surface area contributed by atoms with Crippen LogP contribution in [0.25, 0.3) is 0 Å². The van der Waals surface area contributed by atoms with Crippen LogP contribution in [0.1, 0.15) is 25.3 Å². The third kappa shape index (κ3) is 3.94. The van der Waals surface area contributed by atoms with Gasteiger partial charge in [-0.25, -0.2) is 5.84 Å². The molecule has 1 aromatic carbocycles. The summed E-state index contributed by atoms with van der Waals surface area (Å²) in [5.41, 5.74) is 9.73. The van der Waals surface area contributed by atoms with Crippen molar-refractivity contribution in [3.63, 3.8) is 0 Å². The number of nitrogens with two attached hydrogens (primary N) is 2. The number of carbonyl (C=O) groups excluding carboxylic acids is 1. The van der Waals surface area contributed by atoms with Crippen LogP contribution < -0.4 is 17.0 Å². The molecule has 0 fully saturated rings. The summed E-state index contributed by atoms with van der Waals surface area (Å²) in [7, 11) is 0. The number of rotatable bonds is 5. The molecular weight excluding hydrogens is 234 g/mol. The number of thioether (sulfide) groups is 1. The number of aryl methyl sites for hydroxylation is 1. The molecular formula is C12H19N3OS. The Balaban J connectivity index is 2.82. The lowest BCUT2D eigenvalue weighted by Gasteiger charge is -2.15. The molecule has 5 heteroatoms. The highest BCUT2D eigenvalue weighted by Gasteiger charge is 2.18. The van der Waals surface area contributed by atoms with Crippen LogP contribution in [0.2, 0.25) is 0 Å². The SMILES string of the molecule is CCCC(Sc1ccc(N)cc1C)C(=O)NN. The number of hydrazine groups is 1. The molecule has 1 unspecified atom stereocenters. The average molecular weight is 253 g/mol. The summed E-state index contributed by atoms with van der Waals surface area (Å²) in [6.07, 6.45) is 1.75. The van der Waals surface area contributed by atoms with Crippen LogP contribution >= 0.6 is 11.8 Å². The first kappa shape index (κ1) is 13.9. The molecule has 5 N–H and O–H groups in total. The summed E-state index contributed by atoms with van der Waals surface area (Å²) in [6, 6.07) is 5.70. The molecule has 0 aromatic heterocycles. The minimum atomic E-state index is -0.146. The van der Waals surface area contributed by atoms with Crippen LogP contribution in [-0.2, 0) is 4.79 Å². The van der Waals surface area contributed by atoms with Gasteiger partial charge in [0.2, 0.25) is 5.91 Å². The molecule has 4 nitrogen and oxygen atoms in total. The molecule has 0 aliphatic heterocycles. The summed E-state index contributed by atoms with van der Waals surface area (Å²) < 4.78 is 0. The first-order valence-corrected chi connectivity index (χ1v) is 6.49. The highest BCUT2D eigenvalue weighted by Crippen LogP contribution is 2.30. The van der Waals surface area contributed by atoms with E-state index in [1.165, 1.54) is 11.8 Å². The number of nitrogens with one attached hydrogen (secondary N) is 1. The Kier molecular flexibility index (Phi) is 5.31. The van der Waals surface area contributed by atoms with Gasteiger partial charge in [-0.3, -0.25) is 10.2 Å². The molecule has 17 heavy (non-hydrogen) atoms. The maximum atomic E-state index is 11.6. The second-order valence-corrected chi connectivity index (χ2v) is 5.17. The van der Waals surface area contributed by atoms with Gasteiger partial charge in [-0.05, 0) is 37.1 Å². The minimum absolute atomic E-state index is 0.131. The van der Waals surface area contributed by atoms with Gasteiger partial charge >= 0.3 is 0 Å². The summed E-state index contributed by atoms with van der Waals surface area (Å²) in [4.78, 5) is 12.7. The fourth-order valence-electron chi connectivity index (χ4n) is 1.56. The molecule has 0 bridgehead atoms. The lowest BCUT2D eigenvalue weighted by Crippen LogP contribution is -2.37. The molecule has 1 rings (SSSR count). The van der Waals surface area contributed by atoms with Crippen molar-refractivity contribution in [2.75, 3.05) is 5.73 Å². The summed E-state index contributed by atoms with van der Waals surface area (Å²) in [5, 5.41) is -0.146. The first-order valence-electron chi connectivity index (χ1n) is 5.61. The second-order valence-electron chi connectivity index (χ2n) is 3.93. The van der Waals surface area contributed by atoms with Gasteiger partial charge in [-0.2, -0.15) is 0 Å². The van der Waals surface area contributed by atoms with E-state index in [1.54, 1.807) is 0 Å². The highest BCUT2D eigenvalue weighted by atomic mass is 32.2. The zero-order chi connectivity index (χ0) is 12.8. The number of carbonyl (C=O) groups is 1. The molecule has 94 valence electrons. The minimum Gasteiger partial charge on any atom is -0.399 e. The summed E-state index contributed by atoms with van der Waals surface area (Å²) in [5.74, 6) is 5.05. The van der Waals surface area contributed by atoms with Gasteiger partial charge in [-0.1, -0.05) is 13.3 Å². The fraction of sp³-hybridized carbons (Fsp3) is 0.417. The number of nitrogen functional groups attached to an aromatic ring is 1. The van der Waals surface area contributed by atoms with Crippen molar-refractivity contribution in [1.29, 1.82) is 0 Å². The van der Waals surface area contributed by atoms with Crippen LogP contribution in [0.4, 0.5) is 5.69 Å². The van der Waals surface area contributed by atoms with Crippen molar-refractivity contribution in [1.82, 2.24) is 5.43 Å². The van der Waals surface area contributed by atoms with E-state index >= 15 is 0 Å². The van der Waals surface area contributed by atoms with Gasteiger partial charge < -0.3 is 5.73 Å². The molecule has 0 saturated heterocycles. The van der Waals surface area contributed by atoms with Crippen molar-refractivity contribution < 1.29 is 4.79 Å². The quantitative estimate of drug-likeness (QED) is 0.246. The molecule has 0 aliphatic carbocycles. The third-order valence-corrected chi connectivity index (χ3v) is 3.90. The van der Waals surface area contributed by atoms with Crippen LogP contribution in [0.5, 0.6) is 0 Å². The van der Waals surface area contributed by atoms with Crippen LogP contribution in [0.15, 0.2) is 23.1 Å². The number of hydrogen-bond donors (Lipinski definition) is 3. The van der Waals surface area contributed by atoms with E-state index in [2.05, 4.69) is 5.43 Å². The number of benzene rings is 1. The van der Waals surface area contributed by atoms with Crippen molar-refractivity contribution in [3.05, 3.63) is 23.8 Å². The fourth-order valence-corrected chi connectivity index (χ4v) is 2.78. The summed E-state index contributed by atoms with van der Waals surface area (Å²) >= 11 is 1.53. The predicted molar refractivity (Wildman–Crippen MR) is 72.5 cm³/mol. The van der Waals surface area contributed by atoms with Crippen LogP contribution in [-0.4, -0.2) is 11.2 Å².